The van der Waals surface area contributed by atoms with Crippen LogP contribution in [0.5, 0.6) is 0 Å². The third kappa shape index (κ3) is 9.66. The molecular weight excluding hydrogens is 1390 g/mol. The van der Waals surface area contributed by atoms with Gasteiger partial charge in [-0.05, 0) is 223 Å². The van der Waals surface area contributed by atoms with Crippen LogP contribution < -0.4 is 0 Å². The van der Waals surface area contributed by atoms with Gasteiger partial charge in [0.05, 0.1) is 44.1 Å². The minimum atomic E-state index is 1.13. The smallest absolute Gasteiger partial charge is 0.0541 e. The molecule has 0 aliphatic heterocycles. The number of benzene rings is 18. The largest absolute Gasteiger partial charge is 0.309 e. The average Bonchev–Trinajstić information content (AvgIpc) is 1.82. The van der Waals surface area contributed by atoms with Gasteiger partial charge in [-0.1, -0.05) is 243 Å². The fraction of sp³-hybridized carbons (Fsp3) is 0. The monoisotopic (exact) mass is 1460 g/mol. The zero-order chi connectivity index (χ0) is 73.2. The Kier molecular flexibility index (Phi) is 13.9. The molecule has 24 aromatic rings. The molecule has 0 aliphatic rings. The second kappa shape index (κ2) is 24.7. The first-order chi connectivity index (χ1) is 55.5. The first-order valence-electron chi connectivity index (χ1n) is 38.4. The van der Waals surface area contributed by atoms with Crippen molar-refractivity contribution in [2.75, 3.05) is 0 Å². The fourth-order valence-electron chi connectivity index (χ4n) is 18.6. The molecule has 0 bridgehead atoms. The van der Waals surface area contributed by atoms with Gasteiger partial charge in [-0.15, -0.1) is 22.7 Å². The quantitative estimate of drug-likeness (QED) is 0.130. The lowest BCUT2D eigenvalue weighted by Gasteiger charge is -2.13. The summed E-state index contributed by atoms with van der Waals surface area (Å²) in [6, 6.07) is 145. The van der Waals surface area contributed by atoms with Crippen LogP contribution >= 0.6 is 22.7 Å². The van der Waals surface area contributed by atoms with E-state index in [9.17, 15) is 0 Å². The van der Waals surface area contributed by atoms with Crippen LogP contribution in [0, 0.1) is 0 Å². The maximum absolute atomic E-state index is 2.46. The van der Waals surface area contributed by atoms with Gasteiger partial charge < -0.3 is 18.3 Å². The summed E-state index contributed by atoms with van der Waals surface area (Å²) in [4.78, 5) is 0. The van der Waals surface area contributed by atoms with Crippen molar-refractivity contribution in [3.8, 4) is 89.5 Å². The molecule has 18 aromatic carbocycles. The molecule has 0 saturated carbocycles. The minimum Gasteiger partial charge on any atom is -0.309 e. The predicted octanol–water partition coefficient (Wildman–Crippen LogP) is 30.0. The first-order valence-corrected chi connectivity index (χ1v) is 40.1. The van der Waals surface area contributed by atoms with Crippen molar-refractivity contribution in [3.05, 3.63) is 388 Å². The Balaban J connectivity index is 0.526. The minimum absolute atomic E-state index is 1.13. The molecule has 0 fully saturated rings. The van der Waals surface area contributed by atoms with Gasteiger partial charge in [-0.2, -0.15) is 0 Å². The van der Waals surface area contributed by atoms with Gasteiger partial charge in [0.2, 0.25) is 0 Å². The van der Waals surface area contributed by atoms with E-state index in [2.05, 4.69) is 407 Å². The zero-order valence-electron chi connectivity index (χ0n) is 60.6. The van der Waals surface area contributed by atoms with Gasteiger partial charge in [-0.3, -0.25) is 0 Å². The van der Waals surface area contributed by atoms with Crippen LogP contribution in [0.1, 0.15) is 0 Å². The van der Waals surface area contributed by atoms with Crippen LogP contribution in [0.25, 0.3) is 228 Å². The summed E-state index contributed by atoms with van der Waals surface area (Å²) in [6.45, 7) is 0. The van der Waals surface area contributed by atoms with Crippen LogP contribution in [-0.2, 0) is 0 Å². The van der Waals surface area contributed by atoms with Crippen molar-refractivity contribution in [2.45, 2.75) is 0 Å². The maximum Gasteiger partial charge on any atom is 0.0541 e. The third-order valence-electron chi connectivity index (χ3n) is 23.8. The van der Waals surface area contributed by atoms with E-state index in [0.29, 0.717) is 0 Å². The molecule has 0 aliphatic carbocycles. The molecule has 6 heterocycles. The van der Waals surface area contributed by atoms with Crippen molar-refractivity contribution in [1.82, 2.24) is 18.3 Å². The van der Waals surface area contributed by atoms with Gasteiger partial charge in [0.15, 0.2) is 0 Å². The molecule has 520 valence electrons. The Bertz CT molecular complexity index is 8060. The SMILES string of the molecule is c1ccc(-c2ccccc2-c2ccc(-n3c4ccccc4c4cc(-c5ccc6c(c5)c5ccccc5n6-c5ccc6sc7cc(-c8cccc9c(-c%10ccc(-n%11c%12ccccc%12c%12cc(-c%13ccc%14c(c%13)c%13ccccc%13n%14-c%13ccc%14sc%15ccccc%15c%14c%13)ccc%12%11)cc%10)cccc89)ccc7c6c5)ccc43)cc2)cc1. The van der Waals surface area contributed by atoms with Crippen molar-refractivity contribution >= 4 is 161 Å². The topological polar surface area (TPSA) is 19.7 Å². The number of para-hydroxylation sites is 4. The van der Waals surface area contributed by atoms with Gasteiger partial charge in [-0.25, -0.2) is 0 Å². The van der Waals surface area contributed by atoms with E-state index >= 15 is 0 Å². The highest BCUT2D eigenvalue weighted by Crippen LogP contribution is 2.47. The number of nitrogens with zero attached hydrogens (tertiary/aromatic N) is 4. The Morgan fingerprint density at radius 1 is 0.134 bits per heavy atom. The third-order valence-corrected chi connectivity index (χ3v) is 26.1. The van der Waals surface area contributed by atoms with E-state index in [-0.39, 0.29) is 0 Å². The normalized spacial score (nSPS) is 12.1. The predicted molar refractivity (Wildman–Crippen MR) is 480 cm³/mol. The summed E-state index contributed by atoms with van der Waals surface area (Å²) in [5, 5.41) is 17.5. The fourth-order valence-corrected chi connectivity index (χ4v) is 20.9. The summed E-state index contributed by atoms with van der Waals surface area (Å²) < 4.78 is 14.9. The van der Waals surface area contributed by atoms with E-state index in [1.807, 2.05) is 22.7 Å². The van der Waals surface area contributed by atoms with E-state index in [1.165, 1.54) is 211 Å². The standard InChI is InChI=1S/C106H64N4S2/c1-2-18-65(19-3-1)77-20-4-5-21-78(77)66-36-45-73(46-37-66)107-95-31-11-6-22-83(95)89-58-68(41-52-99(89)107)71-44-55-102-92(61-71)86-25-9-14-34-98(86)110(102)76-50-57-105-94(64-76)88-51-40-72(62-106(88)112-105)80-28-17-29-81-79(27-16-30-82(80)81)67-38-47-74(48-39-67)108-96-32-12-7-23-84(96)90-59-69(42-53-100(90)108)70-43-54-101-91(60-70)85-24-8-13-33-97(85)109(101)75-49-56-104-93(63-75)87-26-10-15-35-103(87)111-104/h1-64H. The Morgan fingerprint density at radius 2 is 0.429 bits per heavy atom. The molecule has 6 heteroatoms. The van der Waals surface area contributed by atoms with Crippen LogP contribution in [0.2, 0.25) is 0 Å². The number of rotatable bonds is 10. The average molecular weight is 1460 g/mol. The van der Waals surface area contributed by atoms with Crippen molar-refractivity contribution < 1.29 is 0 Å². The molecule has 0 N–H and O–H groups in total. The second-order valence-corrected chi connectivity index (χ2v) is 32.0. The van der Waals surface area contributed by atoms with Crippen molar-refractivity contribution in [1.29, 1.82) is 0 Å². The maximum atomic E-state index is 2.46. The Labute approximate surface area is 652 Å². The molecule has 0 amide bonds. The molecule has 24 rings (SSSR count). The van der Waals surface area contributed by atoms with Gasteiger partial charge in [0, 0.05) is 106 Å². The van der Waals surface area contributed by atoms with E-state index in [4.69, 9.17) is 0 Å². The van der Waals surface area contributed by atoms with Crippen LogP contribution in [-0.4, -0.2) is 18.3 Å². The molecule has 0 unspecified atom stereocenters. The van der Waals surface area contributed by atoms with Crippen LogP contribution in [0.4, 0.5) is 0 Å². The molecule has 4 nitrogen and oxygen atoms in total. The number of fused-ring (bicyclic) bond motifs is 19. The molecular formula is C106H64N4S2. The second-order valence-electron chi connectivity index (χ2n) is 29.8. The molecule has 112 heavy (non-hydrogen) atoms. The van der Waals surface area contributed by atoms with E-state index in [1.54, 1.807) is 0 Å². The number of hydrogen-bond donors (Lipinski definition) is 0. The Morgan fingerprint density at radius 3 is 0.884 bits per heavy atom. The molecule has 0 spiro atoms. The highest BCUT2D eigenvalue weighted by atomic mass is 32.1. The summed E-state index contributed by atoms with van der Waals surface area (Å²) in [6.07, 6.45) is 0. The van der Waals surface area contributed by atoms with Gasteiger partial charge >= 0.3 is 0 Å². The lowest BCUT2D eigenvalue weighted by Crippen LogP contribution is -1.94. The summed E-state index contributed by atoms with van der Waals surface area (Å²) in [5.41, 5.74) is 28.6. The van der Waals surface area contributed by atoms with Gasteiger partial charge in [0.1, 0.15) is 0 Å². The highest BCUT2D eigenvalue weighted by molar-refractivity contribution is 7.26. The summed E-state index contributed by atoms with van der Waals surface area (Å²) in [5.74, 6) is 0. The van der Waals surface area contributed by atoms with E-state index < -0.39 is 0 Å². The lowest BCUT2D eigenvalue weighted by atomic mass is 9.92. The first kappa shape index (κ1) is 62.9. The number of thiophene rings is 2. The van der Waals surface area contributed by atoms with Crippen molar-refractivity contribution in [3.63, 3.8) is 0 Å². The Hall–Kier alpha value is -14.1. The molecule has 6 aromatic heterocycles. The summed E-state index contributed by atoms with van der Waals surface area (Å²) >= 11 is 3.74. The molecule has 0 atom stereocenters. The van der Waals surface area contributed by atoms with Crippen LogP contribution in [0.3, 0.4) is 0 Å². The molecule has 0 radical (unpaired) electrons. The molecule has 0 saturated heterocycles. The van der Waals surface area contributed by atoms with Crippen molar-refractivity contribution in [2.24, 2.45) is 0 Å². The van der Waals surface area contributed by atoms with Crippen LogP contribution in [0.15, 0.2) is 388 Å². The zero-order valence-corrected chi connectivity index (χ0v) is 62.2. The van der Waals surface area contributed by atoms with Gasteiger partial charge in [0.25, 0.3) is 0 Å². The number of aromatic nitrogens is 4. The lowest BCUT2D eigenvalue weighted by molar-refractivity contribution is 1.18. The number of hydrogen-bond acceptors (Lipinski definition) is 2. The van der Waals surface area contributed by atoms with E-state index in [0.717, 1.165) is 17.1 Å². The summed E-state index contributed by atoms with van der Waals surface area (Å²) in [7, 11) is 0. The highest BCUT2D eigenvalue weighted by Gasteiger charge is 2.22.